The fourth-order valence-electron chi connectivity index (χ4n) is 4.48. The molecular formula is C30H24Cl2N2O5S. The molecular weight excluding hydrogens is 571 g/mol. The van der Waals surface area contributed by atoms with Crippen LogP contribution in [-0.2, 0) is 16.1 Å². The highest BCUT2D eigenvalue weighted by Crippen LogP contribution is 2.32. The maximum atomic E-state index is 13.7. The number of allylic oxidation sites excluding steroid dienone is 1. The summed E-state index contributed by atoms with van der Waals surface area (Å²) in [4.78, 5) is 31.6. The minimum absolute atomic E-state index is 0.228. The summed E-state index contributed by atoms with van der Waals surface area (Å²) in [5.41, 5.74) is 2.89. The SMILES string of the molecule is COC(=O)C1=C(C)N=c2sc(=Cc3ccc(OCc4ccc(Cl)cc4Cl)c(OC)c3)c(=O)n2C1c1ccccc1. The van der Waals surface area contributed by atoms with E-state index in [0.29, 0.717) is 42.1 Å². The fourth-order valence-corrected chi connectivity index (χ4v) is 5.99. The number of esters is 1. The lowest BCUT2D eigenvalue weighted by molar-refractivity contribution is -0.136. The molecule has 0 fully saturated rings. The zero-order valence-electron chi connectivity index (χ0n) is 21.8. The van der Waals surface area contributed by atoms with E-state index in [0.717, 1.165) is 16.7 Å². The number of carbonyl (C=O) groups is 1. The molecule has 0 spiro atoms. The summed E-state index contributed by atoms with van der Waals surface area (Å²) in [5, 5.41) is 1.06. The molecule has 1 aromatic heterocycles. The fraction of sp³-hybridized carbons (Fsp3) is 0.167. The van der Waals surface area contributed by atoms with Crippen LogP contribution < -0.4 is 24.4 Å². The molecule has 204 valence electrons. The summed E-state index contributed by atoms with van der Waals surface area (Å²) in [6.07, 6.45) is 1.77. The highest BCUT2D eigenvalue weighted by atomic mass is 35.5. The first-order chi connectivity index (χ1) is 19.3. The number of hydrogen-bond acceptors (Lipinski definition) is 7. The molecule has 0 N–H and O–H groups in total. The lowest BCUT2D eigenvalue weighted by Gasteiger charge is -2.24. The molecule has 5 rings (SSSR count). The van der Waals surface area contributed by atoms with Crippen LogP contribution in [0.2, 0.25) is 10.0 Å². The van der Waals surface area contributed by atoms with Crippen molar-refractivity contribution in [2.45, 2.75) is 19.6 Å². The van der Waals surface area contributed by atoms with Crippen LogP contribution in [0, 0.1) is 0 Å². The van der Waals surface area contributed by atoms with Gasteiger partial charge >= 0.3 is 5.97 Å². The van der Waals surface area contributed by atoms with E-state index in [1.165, 1.54) is 18.4 Å². The summed E-state index contributed by atoms with van der Waals surface area (Å²) in [6, 6.07) is 19.3. The molecule has 2 heterocycles. The van der Waals surface area contributed by atoms with E-state index in [2.05, 4.69) is 4.99 Å². The Morgan fingerprint density at radius 2 is 1.82 bits per heavy atom. The molecule has 0 bridgehead atoms. The standard InChI is InChI=1S/C30H24Cl2N2O5S/c1-17-26(29(36)38-3)27(19-7-5-4-6-8-19)34-28(35)25(40-30(34)33-17)14-18-9-12-23(24(13-18)37-2)39-16-20-10-11-21(31)15-22(20)32/h4-15,27H,16H2,1-3H3. The van der Waals surface area contributed by atoms with Crippen molar-refractivity contribution in [1.82, 2.24) is 4.57 Å². The van der Waals surface area contributed by atoms with Gasteiger partial charge in [-0.25, -0.2) is 9.79 Å². The smallest absolute Gasteiger partial charge is 0.338 e. The Morgan fingerprint density at radius 1 is 1.05 bits per heavy atom. The summed E-state index contributed by atoms with van der Waals surface area (Å²) in [7, 11) is 2.87. The first kappa shape index (κ1) is 27.7. The molecule has 0 saturated heterocycles. The van der Waals surface area contributed by atoms with E-state index in [1.54, 1.807) is 55.0 Å². The number of rotatable bonds is 7. The summed E-state index contributed by atoms with van der Waals surface area (Å²) >= 11 is 13.5. The van der Waals surface area contributed by atoms with Gasteiger partial charge in [-0.2, -0.15) is 0 Å². The van der Waals surface area contributed by atoms with Gasteiger partial charge in [0, 0.05) is 15.6 Å². The van der Waals surface area contributed by atoms with Crippen molar-refractivity contribution in [3.63, 3.8) is 0 Å². The number of hydrogen-bond donors (Lipinski definition) is 0. The minimum Gasteiger partial charge on any atom is -0.493 e. The molecule has 4 aromatic rings. The average molecular weight is 596 g/mol. The molecule has 0 aliphatic carbocycles. The zero-order valence-corrected chi connectivity index (χ0v) is 24.1. The number of thiazole rings is 1. The lowest BCUT2D eigenvalue weighted by Crippen LogP contribution is -2.39. The van der Waals surface area contributed by atoms with Crippen LogP contribution in [0.4, 0.5) is 0 Å². The highest BCUT2D eigenvalue weighted by Gasteiger charge is 2.32. The molecule has 0 radical (unpaired) electrons. The number of halogens is 2. The number of aromatic nitrogens is 1. The lowest BCUT2D eigenvalue weighted by atomic mass is 9.96. The second kappa shape index (κ2) is 11.7. The second-order valence-electron chi connectivity index (χ2n) is 8.92. The topological polar surface area (TPSA) is 79.1 Å². The van der Waals surface area contributed by atoms with Gasteiger partial charge in [0.25, 0.3) is 5.56 Å². The summed E-state index contributed by atoms with van der Waals surface area (Å²) < 4.78 is 18.6. The Balaban J connectivity index is 1.52. The normalized spacial score (nSPS) is 14.9. The maximum absolute atomic E-state index is 13.7. The first-order valence-electron chi connectivity index (χ1n) is 12.2. The minimum atomic E-state index is -0.656. The van der Waals surface area contributed by atoms with Gasteiger partial charge in [0.1, 0.15) is 6.61 Å². The molecule has 10 heteroatoms. The molecule has 1 atom stereocenters. The number of benzene rings is 3. The largest absolute Gasteiger partial charge is 0.493 e. The highest BCUT2D eigenvalue weighted by molar-refractivity contribution is 7.07. The number of carbonyl (C=O) groups excluding carboxylic acids is 1. The van der Waals surface area contributed by atoms with Crippen molar-refractivity contribution in [3.8, 4) is 11.5 Å². The number of methoxy groups -OCH3 is 2. The van der Waals surface area contributed by atoms with E-state index in [9.17, 15) is 9.59 Å². The van der Waals surface area contributed by atoms with Crippen LogP contribution in [0.25, 0.3) is 6.08 Å². The van der Waals surface area contributed by atoms with Crippen molar-refractivity contribution >= 4 is 46.6 Å². The van der Waals surface area contributed by atoms with Crippen LogP contribution in [0.1, 0.15) is 29.7 Å². The van der Waals surface area contributed by atoms with Gasteiger partial charge in [0.2, 0.25) is 0 Å². The number of nitrogens with zero attached hydrogens (tertiary/aromatic N) is 2. The molecule has 1 aliphatic rings. The molecule has 3 aromatic carbocycles. The van der Waals surface area contributed by atoms with Gasteiger partial charge in [-0.1, -0.05) is 77.0 Å². The van der Waals surface area contributed by atoms with E-state index < -0.39 is 12.0 Å². The monoisotopic (exact) mass is 594 g/mol. The average Bonchev–Trinajstić information content (AvgIpc) is 3.26. The third kappa shape index (κ3) is 5.43. The van der Waals surface area contributed by atoms with Gasteiger partial charge < -0.3 is 14.2 Å². The second-order valence-corrected chi connectivity index (χ2v) is 10.8. The van der Waals surface area contributed by atoms with Crippen LogP contribution in [0.3, 0.4) is 0 Å². The van der Waals surface area contributed by atoms with Gasteiger partial charge in [-0.3, -0.25) is 9.36 Å². The van der Waals surface area contributed by atoms with E-state index >= 15 is 0 Å². The predicted octanol–water partition coefficient (Wildman–Crippen LogP) is 5.30. The third-order valence-corrected chi connectivity index (χ3v) is 8.00. The molecule has 0 amide bonds. The van der Waals surface area contributed by atoms with Crippen molar-refractivity contribution in [3.05, 3.63) is 124 Å². The summed E-state index contributed by atoms with van der Waals surface area (Å²) in [5.74, 6) is 0.497. The van der Waals surface area contributed by atoms with Gasteiger partial charge in [-0.15, -0.1) is 0 Å². The molecule has 40 heavy (non-hydrogen) atoms. The van der Waals surface area contributed by atoms with E-state index in [4.69, 9.17) is 37.4 Å². The van der Waals surface area contributed by atoms with Crippen LogP contribution >= 0.6 is 34.5 Å². The van der Waals surface area contributed by atoms with Crippen molar-refractivity contribution in [1.29, 1.82) is 0 Å². The van der Waals surface area contributed by atoms with Crippen LogP contribution in [-0.4, -0.2) is 24.8 Å². The Kier molecular flexibility index (Phi) is 8.12. The van der Waals surface area contributed by atoms with Gasteiger partial charge in [0.15, 0.2) is 16.3 Å². The summed E-state index contributed by atoms with van der Waals surface area (Å²) in [6.45, 7) is 1.98. The van der Waals surface area contributed by atoms with Crippen molar-refractivity contribution in [2.75, 3.05) is 14.2 Å². The molecule has 1 aliphatic heterocycles. The predicted molar refractivity (Wildman–Crippen MR) is 156 cm³/mol. The number of fused-ring (bicyclic) bond motifs is 1. The molecule has 7 nitrogen and oxygen atoms in total. The Bertz CT molecular complexity index is 1810. The Morgan fingerprint density at radius 3 is 2.52 bits per heavy atom. The van der Waals surface area contributed by atoms with Crippen LogP contribution in [0.15, 0.2) is 87.8 Å². The van der Waals surface area contributed by atoms with Gasteiger partial charge in [0.05, 0.1) is 36.1 Å². The molecule has 0 saturated carbocycles. The first-order valence-corrected chi connectivity index (χ1v) is 13.8. The van der Waals surface area contributed by atoms with Gasteiger partial charge in [-0.05, 0) is 48.4 Å². The van der Waals surface area contributed by atoms with E-state index in [1.807, 2.05) is 36.4 Å². The Labute approximate surface area is 244 Å². The third-order valence-electron chi connectivity index (χ3n) is 6.43. The van der Waals surface area contributed by atoms with Crippen LogP contribution in [0.5, 0.6) is 11.5 Å². The molecule has 1 unspecified atom stereocenters. The zero-order chi connectivity index (χ0) is 28.4. The quantitative estimate of drug-likeness (QED) is 0.271. The van der Waals surface area contributed by atoms with E-state index in [-0.39, 0.29) is 12.2 Å². The van der Waals surface area contributed by atoms with Crippen molar-refractivity contribution < 1.29 is 19.0 Å². The van der Waals surface area contributed by atoms with Crippen molar-refractivity contribution in [2.24, 2.45) is 4.99 Å². The Hall–Kier alpha value is -3.85. The number of ether oxygens (including phenoxy) is 3. The maximum Gasteiger partial charge on any atom is 0.338 e.